The number of β-amino-alcohol motifs (C(OH)–C–C–N with tert-alkyl or cyclic N) is 1. The van der Waals surface area contributed by atoms with Gasteiger partial charge in [0.15, 0.2) is 0 Å². The monoisotopic (exact) mass is 475 g/mol. The first-order valence-electron chi connectivity index (χ1n) is 11.4. The van der Waals surface area contributed by atoms with Crippen molar-refractivity contribution in [2.45, 2.75) is 25.0 Å². The third-order valence-corrected chi connectivity index (χ3v) is 5.99. The summed E-state index contributed by atoms with van der Waals surface area (Å²) in [6.45, 7) is 1.67. The van der Waals surface area contributed by atoms with Crippen molar-refractivity contribution < 1.29 is 24.3 Å². The van der Waals surface area contributed by atoms with E-state index < -0.39 is 12.3 Å². The van der Waals surface area contributed by atoms with Gasteiger partial charge < -0.3 is 19.5 Å². The number of nitrogens with zero attached hydrogens (tertiary/aromatic N) is 5. The van der Waals surface area contributed by atoms with Crippen LogP contribution in [-0.2, 0) is 4.74 Å². The molecule has 1 fully saturated rings. The maximum atomic E-state index is 10.8. The van der Waals surface area contributed by atoms with E-state index in [2.05, 4.69) is 15.2 Å². The number of likely N-dealkylation sites (tertiary alicyclic amines) is 1. The van der Waals surface area contributed by atoms with Crippen LogP contribution in [0.2, 0.25) is 0 Å². The molecule has 180 valence electrons. The Morgan fingerprint density at radius 3 is 2.71 bits per heavy atom. The molecule has 1 unspecified atom stereocenters. The van der Waals surface area contributed by atoms with Gasteiger partial charge in [-0.05, 0) is 37.1 Å². The molecule has 2 aromatic heterocycles. The van der Waals surface area contributed by atoms with Gasteiger partial charge in [0, 0.05) is 24.8 Å². The predicted octanol–water partition coefficient (Wildman–Crippen LogP) is 3.78. The molecule has 5 rings (SSSR count). The van der Waals surface area contributed by atoms with Crippen molar-refractivity contribution in [3.63, 3.8) is 0 Å². The van der Waals surface area contributed by atoms with E-state index in [0.717, 1.165) is 29.8 Å². The Bertz CT molecular complexity index is 1270. The number of carbonyl (C=O) groups is 1. The quantitative estimate of drug-likeness (QED) is 0.384. The normalized spacial score (nSPS) is 17.2. The van der Waals surface area contributed by atoms with E-state index in [4.69, 9.17) is 14.4 Å². The molecule has 1 aliphatic rings. The van der Waals surface area contributed by atoms with E-state index >= 15 is 0 Å². The van der Waals surface area contributed by atoms with Gasteiger partial charge in [-0.3, -0.25) is 4.90 Å². The summed E-state index contributed by atoms with van der Waals surface area (Å²) in [5, 5.41) is 28.0. The van der Waals surface area contributed by atoms with Crippen LogP contribution in [0.1, 0.15) is 24.5 Å². The molecule has 10 heteroatoms. The summed E-state index contributed by atoms with van der Waals surface area (Å²) in [6.07, 6.45) is 2.71. The largest absolute Gasteiger partial charge is 0.506 e. The molecule has 4 aromatic rings. The second kappa shape index (κ2) is 10.1. The maximum Gasteiger partial charge on any atom is 0.506 e. The highest BCUT2D eigenvalue weighted by Gasteiger charge is 2.25. The minimum Gasteiger partial charge on any atom is -0.450 e. The van der Waals surface area contributed by atoms with Gasteiger partial charge >= 0.3 is 6.16 Å². The van der Waals surface area contributed by atoms with Crippen LogP contribution in [0.5, 0.6) is 0 Å². The van der Waals surface area contributed by atoms with E-state index in [9.17, 15) is 9.90 Å². The molecule has 10 nitrogen and oxygen atoms in total. The molecular weight excluding hydrogens is 450 g/mol. The van der Waals surface area contributed by atoms with Crippen molar-refractivity contribution in [2.75, 3.05) is 19.6 Å². The first-order chi connectivity index (χ1) is 17.0. The summed E-state index contributed by atoms with van der Waals surface area (Å²) in [4.78, 5) is 17.3. The molecule has 0 saturated carbocycles. The van der Waals surface area contributed by atoms with Crippen molar-refractivity contribution in [3.05, 3.63) is 72.6 Å². The zero-order valence-corrected chi connectivity index (χ0v) is 18.9. The second-order valence-electron chi connectivity index (χ2n) is 8.48. The van der Waals surface area contributed by atoms with E-state index in [-0.39, 0.29) is 6.10 Å². The molecule has 0 spiro atoms. The number of carboxylic acid groups (broad SMARTS) is 1. The highest BCUT2D eigenvalue weighted by atomic mass is 16.7. The molecule has 0 radical (unpaired) electrons. The number of benzene rings is 2. The number of aliphatic hydroxyl groups excluding tert-OH is 1. The first kappa shape index (κ1) is 22.8. The summed E-state index contributed by atoms with van der Waals surface area (Å²) in [5.41, 5.74) is 3.16. The predicted molar refractivity (Wildman–Crippen MR) is 126 cm³/mol. The summed E-state index contributed by atoms with van der Waals surface area (Å²) in [6, 6.07) is 17.1. The van der Waals surface area contributed by atoms with Gasteiger partial charge in [-0.25, -0.2) is 9.48 Å². The first-order valence-corrected chi connectivity index (χ1v) is 11.4. The average Bonchev–Trinajstić information content (AvgIpc) is 3.55. The molecule has 1 saturated heterocycles. The van der Waals surface area contributed by atoms with E-state index in [1.807, 2.05) is 65.7 Å². The number of aliphatic hydroxyl groups is 1. The molecule has 0 amide bonds. The molecule has 2 N–H and O–H groups in total. The Morgan fingerprint density at radius 1 is 1.14 bits per heavy atom. The average molecular weight is 476 g/mol. The lowest BCUT2D eigenvalue weighted by Gasteiger charge is -2.33. The van der Waals surface area contributed by atoms with Crippen molar-refractivity contribution in [1.82, 2.24) is 24.8 Å². The van der Waals surface area contributed by atoms with Crippen LogP contribution < -0.4 is 0 Å². The molecule has 2 aromatic carbocycles. The van der Waals surface area contributed by atoms with Crippen LogP contribution in [-0.4, -0.2) is 66.9 Å². The maximum absolute atomic E-state index is 10.8. The minimum atomic E-state index is -1.26. The van der Waals surface area contributed by atoms with Crippen LogP contribution in [0.3, 0.4) is 0 Å². The minimum absolute atomic E-state index is 0.358. The fourth-order valence-corrected chi connectivity index (χ4v) is 4.24. The van der Waals surface area contributed by atoms with Gasteiger partial charge in [-0.15, -0.1) is 0 Å². The molecule has 0 aliphatic carbocycles. The molecule has 2 atom stereocenters. The number of ether oxygens (including phenoxy) is 1. The Labute approximate surface area is 201 Å². The number of piperidine rings is 1. The lowest BCUT2D eigenvalue weighted by atomic mass is 10.0. The van der Waals surface area contributed by atoms with Crippen molar-refractivity contribution in [2.24, 2.45) is 0 Å². The summed E-state index contributed by atoms with van der Waals surface area (Å²) >= 11 is 0. The Morgan fingerprint density at radius 2 is 1.94 bits per heavy atom. The lowest BCUT2D eigenvalue weighted by Crippen LogP contribution is -2.42. The summed E-state index contributed by atoms with van der Waals surface area (Å²) in [7, 11) is 0. The van der Waals surface area contributed by atoms with Crippen molar-refractivity contribution >= 4 is 6.16 Å². The van der Waals surface area contributed by atoms with E-state index in [0.29, 0.717) is 36.8 Å². The molecule has 0 bridgehead atoms. The van der Waals surface area contributed by atoms with Crippen LogP contribution in [0.4, 0.5) is 4.79 Å². The van der Waals surface area contributed by atoms with Crippen LogP contribution >= 0.6 is 0 Å². The van der Waals surface area contributed by atoms with Crippen LogP contribution in [0.25, 0.3) is 28.5 Å². The SMILES string of the molecule is O=C(O)O[C@H]1CCCN(CC(O)c2ccc(-c3noc(-c4cnn(-c5ccccc5)c4)n3)cc2)C1. The Balaban J connectivity index is 1.23. The van der Waals surface area contributed by atoms with E-state index in [1.165, 1.54) is 0 Å². The van der Waals surface area contributed by atoms with Gasteiger partial charge in [0.2, 0.25) is 5.82 Å². The lowest BCUT2D eigenvalue weighted by molar-refractivity contribution is 0.00215. The third-order valence-electron chi connectivity index (χ3n) is 5.99. The van der Waals surface area contributed by atoms with Gasteiger partial charge in [0.25, 0.3) is 5.89 Å². The van der Waals surface area contributed by atoms with Crippen molar-refractivity contribution in [3.8, 4) is 28.5 Å². The Kier molecular flexibility index (Phi) is 6.55. The summed E-state index contributed by atoms with van der Waals surface area (Å²) in [5.74, 6) is 0.813. The number of hydrogen-bond acceptors (Lipinski definition) is 8. The highest BCUT2D eigenvalue weighted by molar-refractivity contribution is 5.59. The second-order valence-corrected chi connectivity index (χ2v) is 8.48. The Hall–Kier alpha value is -4.02. The smallest absolute Gasteiger partial charge is 0.450 e. The van der Waals surface area contributed by atoms with Crippen LogP contribution in [0, 0.1) is 0 Å². The van der Waals surface area contributed by atoms with Gasteiger partial charge in [0.05, 0.1) is 23.6 Å². The molecule has 1 aliphatic heterocycles. The summed E-state index contributed by atoms with van der Waals surface area (Å²) < 4.78 is 12.1. The highest BCUT2D eigenvalue weighted by Crippen LogP contribution is 2.25. The number of rotatable bonds is 7. The van der Waals surface area contributed by atoms with Crippen molar-refractivity contribution in [1.29, 1.82) is 0 Å². The molecular formula is C25H25N5O5. The molecule has 3 heterocycles. The van der Waals surface area contributed by atoms with Crippen LogP contribution in [0.15, 0.2) is 71.5 Å². The number of aromatic nitrogens is 4. The van der Waals surface area contributed by atoms with Gasteiger partial charge in [0.1, 0.15) is 6.10 Å². The zero-order valence-electron chi connectivity index (χ0n) is 18.9. The number of para-hydroxylation sites is 1. The van der Waals surface area contributed by atoms with Gasteiger partial charge in [-0.1, -0.05) is 47.6 Å². The van der Waals surface area contributed by atoms with E-state index in [1.54, 1.807) is 10.9 Å². The fourth-order valence-electron chi connectivity index (χ4n) is 4.24. The zero-order chi connectivity index (χ0) is 24.2. The fraction of sp³-hybridized carbons (Fsp3) is 0.280. The number of hydrogen-bond donors (Lipinski definition) is 2. The standard InChI is InChI=1S/C25H25N5O5/c31-22(16-29-12-4-7-21(15-29)34-25(32)33)17-8-10-18(11-9-17)23-27-24(35-28-23)19-13-26-30(14-19)20-5-2-1-3-6-20/h1-3,5-6,8-11,13-14,21-22,31H,4,7,12,15-16H2,(H,32,33)/t21-,22?/m0/s1. The third kappa shape index (κ3) is 5.39. The van der Waals surface area contributed by atoms with Gasteiger partial charge in [-0.2, -0.15) is 10.1 Å². The topological polar surface area (TPSA) is 127 Å². The molecule has 35 heavy (non-hydrogen) atoms.